The van der Waals surface area contributed by atoms with E-state index in [1.54, 1.807) is 4.90 Å². The number of nitrogens with one attached hydrogen (secondary N) is 1. The Hall–Kier alpha value is -1.63. The molecule has 2 amide bonds. The molecule has 0 bridgehead atoms. The van der Waals surface area contributed by atoms with Crippen LogP contribution in [0.15, 0.2) is 0 Å². The van der Waals surface area contributed by atoms with Gasteiger partial charge in [-0.2, -0.15) is 0 Å². The van der Waals surface area contributed by atoms with Crippen molar-refractivity contribution in [1.82, 2.24) is 15.2 Å². The lowest BCUT2D eigenvalue weighted by atomic mass is 10.2. The van der Waals surface area contributed by atoms with Gasteiger partial charge in [-0.05, 0) is 6.42 Å². The van der Waals surface area contributed by atoms with Crippen molar-refractivity contribution < 1.29 is 9.59 Å². The molecule has 1 atom stereocenters. The first-order valence-electron chi connectivity index (χ1n) is 5.45. The first-order valence-corrected chi connectivity index (χ1v) is 6.27. The zero-order chi connectivity index (χ0) is 12.0. The second-order valence-corrected chi connectivity index (χ2v) is 5.39. The van der Waals surface area contributed by atoms with Crippen molar-refractivity contribution in [2.75, 3.05) is 5.73 Å². The van der Waals surface area contributed by atoms with Gasteiger partial charge in [0.25, 0.3) is 0 Å². The molecule has 2 aliphatic heterocycles. The van der Waals surface area contributed by atoms with Crippen molar-refractivity contribution in [3.05, 3.63) is 10.6 Å². The van der Waals surface area contributed by atoms with Crippen LogP contribution in [-0.2, 0) is 22.7 Å². The number of rotatable bonds is 1. The van der Waals surface area contributed by atoms with Crippen molar-refractivity contribution in [1.29, 1.82) is 0 Å². The van der Waals surface area contributed by atoms with Gasteiger partial charge >= 0.3 is 0 Å². The molecule has 1 aromatic heterocycles. The summed E-state index contributed by atoms with van der Waals surface area (Å²) in [4.78, 5) is 30.1. The number of hydrogen-bond acceptors (Lipinski definition) is 5. The molecular formula is C10H12N4O2S. The summed E-state index contributed by atoms with van der Waals surface area (Å²) >= 11 is 1.43. The Morgan fingerprint density at radius 3 is 3.00 bits per heavy atom. The summed E-state index contributed by atoms with van der Waals surface area (Å²) in [5.74, 6) is -0.0562. The lowest BCUT2D eigenvalue weighted by Crippen LogP contribution is -2.42. The minimum absolute atomic E-state index is 0.0142. The van der Waals surface area contributed by atoms with E-state index in [-0.39, 0.29) is 17.9 Å². The Morgan fingerprint density at radius 2 is 2.35 bits per heavy atom. The van der Waals surface area contributed by atoms with E-state index in [9.17, 15) is 9.59 Å². The number of nitrogen functional groups attached to an aromatic ring is 1. The van der Waals surface area contributed by atoms with Crippen molar-refractivity contribution in [2.45, 2.75) is 32.0 Å². The number of aromatic nitrogens is 1. The summed E-state index contributed by atoms with van der Waals surface area (Å²) in [6.07, 6.45) is 1.04. The number of hydrogen-bond donors (Lipinski definition) is 2. The minimum Gasteiger partial charge on any atom is -0.375 e. The van der Waals surface area contributed by atoms with E-state index >= 15 is 0 Å². The molecule has 90 valence electrons. The van der Waals surface area contributed by atoms with Crippen LogP contribution in [-0.4, -0.2) is 27.7 Å². The van der Waals surface area contributed by atoms with Crippen LogP contribution in [0, 0.1) is 0 Å². The van der Waals surface area contributed by atoms with Crippen LogP contribution in [0.2, 0.25) is 0 Å². The second-order valence-electron chi connectivity index (χ2n) is 4.28. The third-order valence-corrected chi connectivity index (χ3v) is 3.99. The Balaban J connectivity index is 1.70. The van der Waals surface area contributed by atoms with Gasteiger partial charge in [-0.3, -0.25) is 9.59 Å². The first kappa shape index (κ1) is 10.5. The number of carbonyl (C=O) groups is 2. The van der Waals surface area contributed by atoms with E-state index in [0.717, 1.165) is 10.6 Å². The molecule has 2 aliphatic rings. The molecule has 1 saturated heterocycles. The Labute approximate surface area is 102 Å². The molecule has 0 aromatic carbocycles. The van der Waals surface area contributed by atoms with Gasteiger partial charge in [-0.25, -0.2) is 4.98 Å². The first-order chi connectivity index (χ1) is 8.13. The summed E-state index contributed by atoms with van der Waals surface area (Å²) in [6, 6.07) is -0.353. The van der Waals surface area contributed by atoms with Gasteiger partial charge in [0.2, 0.25) is 11.8 Å². The summed E-state index contributed by atoms with van der Waals surface area (Å²) in [5.41, 5.74) is 6.49. The second kappa shape index (κ2) is 3.69. The quantitative estimate of drug-likeness (QED) is 0.727. The molecule has 0 aliphatic carbocycles. The minimum atomic E-state index is -0.353. The van der Waals surface area contributed by atoms with Crippen LogP contribution in [0.4, 0.5) is 5.13 Å². The molecule has 0 radical (unpaired) electrons. The SMILES string of the molecule is Nc1nc2c(s1)CN(C(=O)C1CCC(=O)N1)C2. The predicted octanol–water partition coefficient (Wildman–Crippen LogP) is -0.154. The summed E-state index contributed by atoms with van der Waals surface area (Å²) in [7, 11) is 0. The van der Waals surface area contributed by atoms with Gasteiger partial charge in [0.15, 0.2) is 5.13 Å². The van der Waals surface area contributed by atoms with Gasteiger partial charge in [-0.15, -0.1) is 11.3 Å². The number of fused-ring (bicyclic) bond motifs is 1. The number of nitrogens with zero attached hydrogens (tertiary/aromatic N) is 2. The van der Waals surface area contributed by atoms with Crippen molar-refractivity contribution >= 4 is 28.3 Å². The molecular weight excluding hydrogens is 240 g/mol. The van der Waals surface area contributed by atoms with E-state index in [1.807, 2.05) is 0 Å². The fraction of sp³-hybridized carbons (Fsp3) is 0.500. The fourth-order valence-electron chi connectivity index (χ4n) is 2.24. The number of anilines is 1. The lowest BCUT2D eigenvalue weighted by Gasteiger charge is -2.19. The highest BCUT2D eigenvalue weighted by Gasteiger charge is 2.34. The third kappa shape index (κ3) is 1.76. The summed E-state index contributed by atoms with van der Waals surface area (Å²) in [6.45, 7) is 1.07. The van der Waals surface area contributed by atoms with Crippen LogP contribution in [0.25, 0.3) is 0 Å². The number of nitrogens with two attached hydrogens (primary N) is 1. The topological polar surface area (TPSA) is 88.3 Å². The molecule has 7 heteroatoms. The standard InChI is InChI=1S/C10H12N4O2S/c11-10-13-6-3-14(4-7(6)17-10)9(16)5-1-2-8(15)12-5/h5H,1-4H2,(H2,11,13)(H,12,15). The molecule has 17 heavy (non-hydrogen) atoms. The molecule has 1 aromatic rings. The molecule has 3 heterocycles. The highest BCUT2D eigenvalue weighted by molar-refractivity contribution is 7.15. The molecule has 1 fully saturated rings. The average Bonchev–Trinajstić information content (AvgIpc) is 2.90. The van der Waals surface area contributed by atoms with Gasteiger partial charge in [0.05, 0.1) is 23.7 Å². The van der Waals surface area contributed by atoms with Crippen LogP contribution >= 0.6 is 11.3 Å². The zero-order valence-electron chi connectivity index (χ0n) is 9.10. The third-order valence-electron chi connectivity index (χ3n) is 3.07. The fourth-order valence-corrected chi connectivity index (χ4v) is 3.09. The van der Waals surface area contributed by atoms with Crippen LogP contribution in [0.5, 0.6) is 0 Å². The average molecular weight is 252 g/mol. The summed E-state index contributed by atoms with van der Waals surface area (Å²) in [5, 5.41) is 3.24. The number of amides is 2. The smallest absolute Gasteiger partial charge is 0.245 e. The molecule has 1 unspecified atom stereocenters. The van der Waals surface area contributed by atoms with E-state index in [2.05, 4.69) is 10.3 Å². The molecule has 6 nitrogen and oxygen atoms in total. The van der Waals surface area contributed by atoms with Crippen LogP contribution < -0.4 is 11.1 Å². The van der Waals surface area contributed by atoms with E-state index in [4.69, 9.17) is 5.73 Å². The predicted molar refractivity (Wildman–Crippen MR) is 61.9 cm³/mol. The summed E-state index contributed by atoms with van der Waals surface area (Å²) < 4.78 is 0. The largest absolute Gasteiger partial charge is 0.375 e. The van der Waals surface area contributed by atoms with Gasteiger partial charge in [0.1, 0.15) is 6.04 Å². The normalized spacial score (nSPS) is 22.7. The maximum Gasteiger partial charge on any atom is 0.245 e. The van der Waals surface area contributed by atoms with Crippen LogP contribution in [0.1, 0.15) is 23.4 Å². The monoisotopic (exact) mass is 252 g/mol. The highest BCUT2D eigenvalue weighted by Crippen LogP contribution is 2.30. The zero-order valence-corrected chi connectivity index (χ0v) is 9.92. The van der Waals surface area contributed by atoms with Crippen LogP contribution in [0.3, 0.4) is 0 Å². The molecule has 0 saturated carbocycles. The van der Waals surface area contributed by atoms with Gasteiger partial charge in [-0.1, -0.05) is 0 Å². The molecule has 0 spiro atoms. The molecule has 3 N–H and O–H groups in total. The van der Waals surface area contributed by atoms with E-state index in [1.165, 1.54) is 11.3 Å². The maximum atomic E-state index is 12.1. The highest BCUT2D eigenvalue weighted by atomic mass is 32.1. The Bertz CT molecular complexity index is 475. The Kier molecular flexibility index (Phi) is 2.29. The molecule has 3 rings (SSSR count). The number of carbonyl (C=O) groups excluding carboxylic acids is 2. The Morgan fingerprint density at radius 1 is 1.53 bits per heavy atom. The van der Waals surface area contributed by atoms with E-state index < -0.39 is 0 Å². The van der Waals surface area contributed by atoms with Crippen molar-refractivity contribution in [3.63, 3.8) is 0 Å². The number of thiazole rings is 1. The van der Waals surface area contributed by atoms with E-state index in [0.29, 0.717) is 31.1 Å². The van der Waals surface area contributed by atoms with Crippen molar-refractivity contribution in [3.8, 4) is 0 Å². The van der Waals surface area contributed by atoms with Gasteiger partial charge in [0, 0.05) is 6.42 Å². The van der Waals surface area contributed by atoms with Crippen molar-refractivity contribution in [2.24, 2.45) is 0 Å². The lowest BCUT2D eigenvalue weighted by molar-refractivity contribution is -0.134. The maximum absolute atomic E-state index is 12.1. The van der Waals surface area contributed by atoms with Gasteiger partial charge < -0.3 is 16.0 Å².